The molecule has 1 fully saturated rings. The fourth-order valence-corrected chi connectivity index (χ4v) is 6.06. The smallest absolute Gasteiger partial charge is 0.244 e. The number of hydrogen-bond donors (Lipinski definition) is 1. The summed E-state index contributed by atoms with van der Waals surface area (Å²) in [6.45, 7) is 10.2. The Morgan fingerprint density at radius 3 is 2.62 bits per heavy atom. The summed E-state index contributed by atoms with van der Waals surface area (Å²) in [7, 11) is -3.38. The highest BCUT2D eigenvalue weighted by Crippen LogP contribution is 2.36. The minimum atomic E-state index is -3.38. The van der Waals surface area contributed by atoms with Gasteiger partial charge in [-0.2, -0.15) is 4.31 Å². The molecule has 2 rings (SSSR count). The molecule has 0 amide bonds. The molecule has 0 radical (unpaired) electrons. The van der Waals surface area contributed by atoms with Gasteiger partial charge < -0.3 is 5.32 Å². The van der Waals surface area contributed by atoms with Gasteiger partial charge >= 0.3 is 0 Å². The van der Waals surface area contributed by atoms with Crippen molar-refractivity contribution in [3.63, 3.8) is 0 Å². The summed E-state index contributed by atoms with van der Waals surface area (Å²) in [5.74, 6) is 0.344. The molecule has 0 aromatic carbocycles. The van der Waals surface area contributed by atoms with Crippen molar-refractivity contribution in [2.24, 2.45) is 5.92 Å². The van der Waals surface area contributed by atoms with Gasteiger partial charge in [-0.15, -0.1) is 11.3 Å². The lowest BCUT2D eigenvalue weighted by Gasteiger charge is -2.24. The van der Waals surface area contributed by atoms with Gasteiger partial charge in [-0.25, -0.2) is 8.42 Å². The first-order chi connectivity index (χ1) is 9.87. The number of hydrogen-bond acceptors (Lipinski definition) is 4. The molecule has 1 aromatic rings. The number of aryl methyl sites for hydroxylation is 1. The monoisotopic (exact) mass is 330 g/mol. The largest absolute Gasteiger partial charge is 0.312 e. The van der Waals surface area contributed by atoms with E-state index < -0.39 is 10.0 Å². The highest BCUT2D eigenvalue weighted by Gasteiger charge is 2.40. The van der Waals surface area contributed by atoms with Crippen LogP contribution in [0.4, 0.5) is 0 Å². The lowest BCUT2D eigenvalue weighted by atomic mass is 10.2. The summed E-state index contributed by atoms with van der Waals surface area (Å²) in [6.07, 6.45) is 2.00. The molecule has 120 valence electrons. The van der Waals surface area contributed by atoms with E-state index in [0.29, 0.717) is 23.9 Å². The van der Waals surface area contributed by atoms with Crippen LogP contribution in [0.3, 0.4) is 0 Å². The summed E-state index contributed by atoms with van der Waals surface area (Å²) in [6, 6.07) is 0.212. The van der Waals surface area contributed by atoms with Crippen LogP contribution in [0.1, 0.15) is 44.1 Å². The highest BCUT2D eigenvalue weighted by molar-refractivity contribution is 7.89. The molecule has 0 aliphatic heterocycles. The first kappa shape index (κ1) is 16.9. The van der Waals surface area contributed by atoms with E-state index >= 15 is 0 Å². The zero-order chi connectivity index (χ0) is 15.6. The van der Waals surface area contributed by atoms with Crippen LogP contribution in [0.2, 0.25) is 0 Å². The molecule has 0 bridgehead atoms. The van der Waals surface area contributed by atoms with E-state index in [2.05, 4.69) is 19.2 Å². The Bertz CT molecular complexity index is 574. The van der Waals surface area contributed by atoms with E-state index in [-0.39, 0.29) is 6.04 Å². The number of rotatable bonds is 8. The minimum Gasteiger partial charge on any atom is -0.312 e. The lowest BCUT2D eigenvalue weighted by Crippen LogP contribution is -2.36. The molecule has 1 saturated carbocycles. The molecule has 21 heavy (non-hydrogen) atoms. The maximum absolute atomic E-state index is 13.1. The zero-order valence-electron chi connectivity index (χ0n) is 13.3. The van der Waals surface area contributed by atoms with Gasteiger partial charge in [-0.1, -0.05) is 20.8 Å². The molecule has 1 aromatic heterocycles. The third-order valence-electron chi connectivity index (χ3n) is 3.59. The molecule has 0 atom stereocenters. The molecule has 0 saturated heterocycles. The topological polar surface area (TPSA) is 49.4 Å². The van der Waals surface area contributed by atoms with Crippen molar-refractivity contribution < 1.29 is 8.42 Å². The van der Waals surface area contributed by atoms with Crippen LogP contribution in [0, 0.1) is 12.8 Å². The normalized spacial score (nSPS) is 16.1. The minimum absolute atomic E-state index is 0.212. The second kappa shape index (κ2) is 6.77. The fourth-order valence-electron chi connectivity index (χ4n) is 2.48. The fraction of sp³-hybridized carbons (Fsp3) is 0.733. The van der Waals surface area contributed by atoms with Crippen molar-refractivity contribution in [2.45, 2.75) is 58.0 Å². The average Bonchev–Trinajstić information content (AvgIpc) is 3.16. The number of nitrogens with zero attached hydrogens (tertiary/aromatic N) is 1. The van der Waals surface area contributed by atoms with E-state index in [4.69, 9.17) is 0 Å². The highest BCUT2D eigenvalue weighted by atomic mass is 32.2. The van der Waals surface area contributed by atoms with E-state index in [9.17, 15) is 8.42 Å². The van der Waals surface area contributed by atoms with Crippen molar-refractivity contribution in [3.05, 3.63) is 15.8 Å². The first-order valence-corrected chi connectivity index (χ1v) is 9.99. The van der Waals surface area contributed by atoms with E-state index in [1.165, 1.54) is 0 Å². The van der Waals surface area contributed by atoms with Crippen LogP contribution in [-0.4, -0.2) is 31.9 Å². The van der Waals surface area contributed by atoms with Crippen molar-refractivity contribution >= 4 is 21.4 Å². The molecule has 0 spiro atoms. The van der Waals surface area contributed by atoms with Crippen LogP contribution < -0.4 is 5.32 Å². The van der Waals surface area contributed by atoms with Gasteiger partial charge in [0, 0.05) is 24.0 Å². The molecule has 1 aliphatic carbocycles. The van der Waals surface area contributed by atoms with Crippen LogP contribution in [0.25, 0.3) is 0 Å². The molecule has 1 aliphatic rings. The molecule has 1 heterocycles. The van der Waals surface area contributed by atoms with Crippen molar-refractivity contribution in [1.82, 2.24) is 9.62 Å². The summed E-state index contributed by atoms with van der Waals surface area (Å²) in [5.41, 5.74) is 0.877. The van der Waals surface area contributed by atoms with Crippen LogP contribution in [0.15, 0.2) is 10.3 Å². The van der Waals surface area contributed by atoms with Crippen LogP contribution in [0.5, 0.6) is 0 Å². The van der Waals surface area contributed by atoms with Gasteiger partial charge in [0.1, 0.15) is 4.90 Å². The van der Waals surface area contributed by atoms with Gasteiger partial charge in [0.25, 0.3) is 0 Å². The predicted molar refractivity (Wildman–Crippen MR) is 88.2 cm³/mol. The number of nitrogens with one attached hydrogen (secondary N) is 1. The summed E-state index contributed by atoms with van der Waals surface area (Å²) < 4.78 is 28.0. The number of thiophene rings is 1. The molecule has 4 nitrogen and oxygen atoms in total. The Hall–Kier alpha value is -0.430. The summed E-state index contributed by atoms with van der Waals surface area (Å²) >= 11 is 1.54. The lowest BCUT2D eigenvalue weighted by molar-refractivity contribution is 0.359. The van der Waals surface area contributed by atoms with Crippen molar-refractivity contribution in [3.8, 4) is 0 Å². The quantitative estimate of drug-likeness (QED) is 0.797. The molecule has 1 N–H and O–H groups in total. The Labute approximate surface area is 132 Å². The maximum atomic E-state index is 13.1. The second-order valence-corrected chi connectivity index (χ2v) is 8.94. The maximum Gasteiger partial charge on any atom is 0.244 e. The predicted octanol–water partition coefficient (Wildman–Crippen LogP) is 2.98. The van der Waals surface area contributed by atoms with Gasteiger partial charge in [0.2, 0.25) is 10.0 Å². The third kappa shape index (κ3) is 3.86. The zero-order valence-corrected chi connectivity index (χ0v) is 15.0. The first-order valence-electron chi connectivity index (χ1n) is 7.67. The molecule has 6 heteroatoms. The third-order valence-corrected chi connectivity index (χ3v) is 6.97. The summed E-state index contributed by atoms with van der Waals surface area (Å²) in [4.78, 5) is 1.48. The van der Waals surface area contributed by atoms with Gasteiger partial charge in [0.15, 0.2) is 0 Å². The van der Waals surface area contributed by atoms with Gasteiger partial charge in [-0.3, -0.25) is 0 Å². The Kier molecular flexibility index (Phi) is 5.46. The Morgan fingerprint density at radius 2 is 2.10 bits per heavy atom. The van der Waals surface area contributed by atoms with E-state index in [1.807, 2.05) is 19.2 Å². The van der Waals surface area contributed by atoms with E-state index in [1.54, 1.807) is 15.6 Å². The SMILES string of the molecule is CCNCc1scc(C)c1S(=O)(=O)N(CC(C)C)C1CC1. The Morgan fingerprint density at radius 1 is 1.43 bits per heavy atom. The van der Waals surface area contributed by atoms with Crippen LogP contribution >= 0.6 is 11.3 Å². The van der Waals surface area contributed by atoms with Gasteiger partial charge in [-0.05, 0) is 43.2 Å². The van der Waals surface area contributed by atoms with Crippen LogP contribution in [-0.2, 0) is 16.6 Å². The molecular formula is C15H26N2O2S2. The second-order valence-electron chi connectivity index (χ2n) is 6.15. The standard InChI is InChI=1S/C15H26N2O2S2/c1-5-16-8-14-15(12(4)10-20-14)21(18,19)17(9-11(2)3)13-6-7-13/h10-11,13,16H,5-9H2,1-4H3. The number of sulfonamides is 1. The molecule has 0 unspecified atom stereocenters. The van der Waals surface area contributed by atoms with E-state index in [0.717, 1.165) is 29.8 Å². The van der Waals surface area contributed by atoms with Crippen molar-refractivity contribution in [2.75, 3.05) is 13.1 Å². The molecular weight excluding hydrogens is 304 g/mol. The van der Waals surface area contributed by atoms with Crippen molar-refractivity contribution in [1.29, 1.82) is 0 Å². The summed E-state index contributed by atoms with van der Waals surface area (Å²) in [5, 5.41) is 5.20. The average molecular weight is 331 g/mol. The van der Waals surface area contributed by atoms with Gasteiger partial charge in [0.05, 0.1) is 0 Å². The Balaban J connectivity index is 2.35.